The molecular formula is C21H32O3. The number of aliphatic hydroxyl groups is 2. The van der Waals surface area contributed by atoms with Crippen molar-refractivity contribution >= 4 is 5.78 Å². The number of fused-ring (bicyclic) bond motifs is 5. The van der Waals surface area contributed by atoms with Gasteiger partial charge in [0.1, 0.15) is 0 Å². The number of ketones is 1. The van der Waals surface area contributed by atoms with Gasteiger partial charge in [0.15, 0.2) is 5.78 Å². The quantitative estimate of drug-likeness (QED) is 0.771. The molecule has 4 aliphatic rings. The highest BCUT2D eigenvalue weighted by molar-refractivity contribution is 5.91. The molecule has 0 saturated heterocycles. The molecule has 3 nitrogen and oxygen atoms in total. The Morgan fingerprint density at radius 3 is 2.50 bits per heavy atom. The molecule has 3 heteroatoms. The van der Waals surface area contributed by atoms with Gasteiger partial charge in [-0.05, 0) is 81.1 Å². The Bertz CT molecular complexity index is 594. The molecule has 2 N–H and O–H groups in total. The lowest BCUT2D eigenvalue weighted by molar-refractivity contribution is -0.171. The number of carbonyl (C=O) groups excluding carboxylic acids is 1. The van der Waals surface area contributed by atoms with E-state index >= 15 is 0 Å². The number of carbonyl (C=O) groups is 1. The van der Waals surface area contributed by atoms with Gasteiger partial charge in [0.2, 0.25) is 0 Å². The zero-order valence-electron chi connectivity index (χ0n) is 15.3. The van der Waals surface area contributed by atoms with E-state index in [0.29, 0.717) is 30.0 Å². The third kappa shape index (κ3) is 1.94. The third-order valence-electron chi connectivity index (χ3n) is 8.87. The lowest BCUT2D eigenvalue weighted by Crippen LogP contribution is -2.58. The number of aliphatic hydroxyl groups excluding tert-OH is 1. The fraction of sp³-hybridized carbons (Fsp3) is 0.857. The van der Waals surface area contributed by atoms with Gasteiger partial charge in [0.25, 0.3) is 0 Å². The van der Waals surface area contributed by atoms with E-state index in [1.54, 1.807) is 6.92 Å². The summed E-state index contributed by atoms with van der Waals surface area (Å²) in [6, 6.07) is 0. The van der Waals surface area contributed by atoms with Gasteiger partial charge in [-0.15, -0.1) is 0 Å². The van der Waals surface area contributed by atoms with Gasteiger partial charge < -0.3 is 10.2 Å². The van der Waals surface area contributed by atoms with Crippen molar-refractivity contribution in [2.24, 2.45) is 28.6 Å². The van der Waals surface area contributed by atoms with Gasteiger partial charge in [-0.3, -0.25) is 4.79 Å². The third-order valence-corrected chi connectivity index (χ3v) is 8.87. The first-order valence-electron chi connectivity index (χ1n) is 9.87. The van der Waals surface area contributed by atoms with Crippen molar-refractivity contribution in [1.29, 1.82) is 0 Å². The minimum absolute atomic E-state index is 0.162. The largest absolute Gasteiger partial charge is 0.390 e. The van der Waals surface area contributed by atoms with Crippen LogP contribution in [0.4, 0.5) is 0 Å². The molecule has 0 aliphatic heterocycles. The fourth-order valence-electron chi connectivity index (χ4n) is 7.30. The summed E-state index contributed by atoms with van der Waals surface area (Å²) >= 11 is 0. The second kappa shape index (κ2) is 5.17. The smallest absolute Gasteiger partial charge is 0.155 e. The van der Waals surface area contributed by atoms with E-state index in [1.165, 1.54) is 5.57 Å². The Hall–Kier alpha value is -0.670. The number of hydrogen-bond donors (Lipinski definition) is 2. The summed E-state index contributed by atoms with van der Waals surface area (Å²) < 4.78 is 0. The Morgan fingerprint density at radius 1 is 1.08 bits per heavy atom. The molecule has 3 fully saturated rings. The van der Waals surface area contributed by atoms with Crippen LogP contribution in [0.2, 0.25) is 0 Å². The normalized spacial score (nSPS) is 52.1. The van der Waals surface area contributed by atoms with E-state index in [-0.39, 0.29) is 10.8 Å². The molecule has 134 valence electrons. The lowest BCUT2D eigenvalue weighted by Gasteiger charge is -2.59. The van der Waals surface area contributed by atoms with E-state index in [9.17, 15) is 15.0 Å². The van der Waals surface area contributed by atoms with E-state index in [2.05, 4.69) is 13.8 Å². The molecule has 0 aromatic carbocycles. The minimum Gasteiger partial charge on any atom is -0.390 e. The Kier molecular flexibility index (Phi) is 3.61. The Balaban J connectivity index is 1.69. The molecule has 0 aromatic heterocycles. The maximum Gasteiger partial charge on any atom is 0.155 e. The van der Waals surface area contributed by atoms with E-state index in [4.69, 9.17) is 0 Å². The molecule has 4 rings (SSSR count). The van der Waals surface area contributed by atoms with Crippen molar-refractivity contribution < 1.29 is 15.0 Å². The van der Waals surface area contributed by atoms with Crippen LogP contribution in [-0.4, -0.2) is 27.7 Å². The monoisotopic (exact) mass is 332 g/mol. The van der Waals surface area contributed by atoms with Gasteiger partial charge in [0, 0.05) is 11.8 Å². The first-order chi connectivity index (χ1) is 11.2. The Labute approximate surface area is 145 Å². The highest BCUT2D eigenvalue weighted by Gasteiger charge is 2.65. The second-order valence-electron chi connectivity index (χ2n) is 9.56. The summed E-state index contributed by atoms with van der Waals surface area (Å²) in [5.74, 6) is 2.09. The van der Waals surface area contributed by atoms with Crippen LogP contribution in [0.15, 0.2) is 11.6 Å². The number of hydrogen-bond acceptors (Lipinski definition) is 3. The van der Waals surface area contributed by atoms with Crippen molar-refractivity contribution in [3.8, 4) is 0 Å². The molecule has 0 aromatic rings. The van der Waals surface area contributed by atoms with Crippen LogP contribution in [0.3, 0.4) is 0 Å². The molecule has 3 saturated carbocycles. The molecule has 4 aliphatic carbocycles. The topological polar surface area (TPSA) is 57.5 Å². The SMILES string of the molecule is CC(O)C1(O)CCC2C3CCC4=CC(=O)CCC4(C)C3CCC21C. The minimum atomic E-state index is -0.928. The van der Waals surface area contributed by atoms with Crippen molar-refractivity contribution in [1.82, 2.24) is 0 Å². The lowest BCUT2D eigenvalue weighted by atomic mass is 9.46. The summed E-state index contributed by atoms with van der Waals surface area (Å²) in [5.41, 5.74) is 0.489. The highest BCUT2D eigenvalue weighted by Crippen LogP contribution is 2.67. The second-order valence-corrected chi connectivity index (χ2v) is 9.56. The van der Waals surface area contributed by atoms with Crippen LogP contribution in [0, 0.1) is 28.6 Å². The molecule has 7 unspecified atom stereocenters. The predicted octanol–water partition coefficient (Wildman–Crippen LogP) is 3.63. The van der Waals surface area contributed by atoms with Gasteiger partial charge >= 0.3 is 0 Å². The molecule has 0 heterocycles. The van der Waals surface area contributed by atoms with Crippen LogP contribution in [-0.2, 0) is 4.79 Å². The summed E-state index contributed by atoms with van der Waals surface area (Å²) in [6.07, 6.45) is 9.07. The molecule has 0 spiro atoms. The van der Waals surface area contributed by atoms with Crippen molar-refractivity contribution in [2.45, 2.75) is 83.8 Å². The van der Waals surface area contributed by atoms with Crippen molar-refractivity contribution in [2.75, 3.05) is 0 Å². The molecule has 0 bridgehead atoms. The van der Waals surface area contributed by atoms with E-state index in [1.807, 2.05) is 6.08 Å². The zero-order valence-corrected chi connectivity index (χ0v) is 15.3. The fourth-order valence-corrected chi connectivity index (χ4v) is 7.30. The summed E-state index contributed by atoms with van der Waals surface area (Å²) in [6.45, 7) is 6.38. The number of allylic oxidation sites excluding steroid dienone is 1. The first-order valence-corrected chi connectivity index (χ1v) is 9.87. The molecule has 24 heavy (non-hydrogen) atoms. The van der Waals surface area contributed by atoms with Crippen LogP contribution in [0.1, 0.15) is 72.1 Å². The molecule has 0 amide bonds. The van der Waals surface area contributed by atoms with Crippen LogP contribution >= 0.6 is 0 Å². The highest BCUT2D eigenvalue weighted by atomic mass is 16.3. The summed E-state index contributed by atoms with van der Waals surface area (Å²) in [4.78, 5) is 11.9. The summed E-state index contributed by atoms with van der Waals surface area (Å²) in [7, 11) is 0. The standard InChI is InChI=1S/C21H32O3/c1-13(22)21(24)11-8-18-16-5-4-14-12-15(23)6-9-19(14,2)17(16)7-10-20(18,21)3/h12-13,16-18,22,24H,4-11H2,1-3H3. The summed E-state index contributed by atoms with van der Waals surface area (Å²) in [5, 5.41) is 21.5. The van der Waals surface area contributed by atoms with Gasteiger partial charge in [-0.25, -0.2) is 0 Å². The maximum atomic E-state index is 11.9. The zero-order chi connectivity index (χ0) is 17.3. The Morgan fingerprint density at radius 2 is 1.79 bits per heavy atom. The molecular weight excluding hydrogens is 300 g/mol. The van der Waals surface area contributed by atoms with E-state index < -0.39 is 11.7 Å². The van der Waals surface area contributed by atoms with Crippen LogP contribution < -0.4 is 0 Å². The molecule has 0 radical (unpaired) electrons. The first kappa shape index (κ1) is 16.8. The maximum absolute atomic E-state index is 11.9. The van der Waals surface area contributed by atoms with Crippen LogP contribution in [0.5, 0.6) is 0 Å². The number of rotatable bonds is 1. The van der Waals surface area contributed by atoms with Crippen molar-refractivity contribution in [3.05, 3.63) is 11.6 Å². The van der Waals surface area contributed by atoms with Gasteiger partial charge in [-0.1, -0.05) is 19.4 Å². The van der Waals surface area contributed by atoms with Crippen LogP contribution in [0.25, 0.3) is 0 Å². The predicted molar refractivity (Wildman–Crippen MR) is 93.3 cm³/mol. The van der Waals surface area contributed by atoms with Gasteiger partial charge in [0.05, 0.1) is 11.7 Å². The average molecular weight is 332 g/mol. The average Bonchev–Trinajstić information content (AvgIpc) is 2.81. The molecule has 7 atom stereocenters. The van der Waals surface area contributed by atoms with Crippen molar-refractivity contribution in [3.63, 3.8) is 0 Å². The van der Waals surface area contributed by atoms with Gasteiger partial charge in [-0.2, -0.15) is 0 Å². The van der Waals surface area contributed by atoms with E-state index in [0.717, 1.165) is 44.9 Å².